The molecule has 0 aliphatic carbocycles. The number of tetrazole rings is 1. The molecule has 9 heteroatoms. The number of hydrogen-bond donors (Lipinski definition) is 1. The number of benzene rings is 2. The van der Waals surface area contributed by atoms with Crippen molar-refractivity contribution in [3.8, 4) is 11.5 Å². The number of pyridine rings is 1. The van der Waals surface area contributed by atoms with Gasteiger partial charge in [0.1, 0.15) is 6.04 Å². The van der Waals surface area contributed by atoms with E-state index in [1.807, 2.05) is 42.5 Å². The van der Waals surface area contributed by atoms with Crippen molar-refractivity contribution in [3.05, 3.63) is 75.8 Å². The number of H-pyrrole nitrogens is 1. The molecule has 1 fully saturated rings. The van der Waals surface area contributed by atoms with Crippen molar-refractivity contribution in [2.75, 3.05) is 27.3 Å². The molecule has 1 aliphatic heterocycles. The molecule has 0 radical (unpaired) electrons. The predicted octanol–water partition coefficient (Wildman–Crippen LogP) is 3.40. The minimum absolute atomic E-state index is 0.165. The van der Waals surface area contributed by atoms with Gasteiger partial charge in [0.2, 0.25) is 0 Å². The van der Waals surface area contributed by atoms with Crippen LogP contribution < -0.4 is 15.0 Å². The SMILES string of the molecule is COc1cc2cc([C@@H](c3nnnn3Cc3ccccc3)N3CCC[C@@H](C)C3)c(=O)[nH]c2cc1OC. The zero-order valence-corrected chi connectivity index (χ0v) is 20.3. The first-order valence-electron chi connectivity index (χ1n) is 11.9. The molecular weight excluding hydrogens is 444 g/mol. The summed E-state index contributed by atoms with van der Waals surface area (Å²) in [6.45, 7) is 4.51. The molecule has 0 unspecified atom stereocenters. The van der Waals surface area contributed by atoms with Crippen LogP contribution >= 0.6 is 0 Å². The number of likely N-dealkylation sites (tertiary alicyclic amines) is 1. The van der Waals surface area contributed by atoms with Crippen LogP contribution in [0.5, 0.6) is 11.5 Å². The zero-order valence-electron chi connectivity index (χ0n) is 20.3. The third-order valence-corrected chi connectivity index (χ3v) is 6.70. The van der Waals surface area contributed by atoms with Gasteiger partial charge >= 0.3 is 0 Å². The van der Waals surface area contributed by atoms with Crippen LogP contribution in [0, 0.1) is 5.92 Å². The molecule has 0 spiro atoms. The maximum Gasteiger partial charge on any atom is 0.253 e. The van der Waals surface area contributed by atoms with E-state index in [2.05, 4.69) is 32.3 Å². The summed E-state index contributed by atoms with van der Waals surface area (Å²) in [5, 5.41) is 13.6. The standard InChI is InChI=1S/C26H30N6O3/c1-17-8-7-11-31(15-17)24(25-28-29-30-32(25)16-18-9-5-4-6-10-18)20-12-19-13-22(34-2)23(35-3)14-21(19)27-26(20)33/h4-6,9-10,12-14,17,24H,7-8,11,15-16H2,1-3H3,(H,27,33)/t17-,24+/m1/s1. The molecule has 35 heavy (non-hydrogen) atoms. The highest BCUT2D eigenvalue weighted by atomic mass is 16.5. The van der Waals surface area contributed by atoms with Crippen molar-refractivity contribution in [1.29, 1.82) is 0 Å². The second-order valence-corrected chi connectivity index (χ2v) is 9.17. The molecule has 2 aromatic heterocycles. The number of rotatable bonds is 7. The Morgan fingerprint density at radius 1 is 1.11 bits per heavy atom. The monoisotopic (exact) mass is 474 g/mol. The highest BCUT2D eigenvalue weighted by Crippen LogP contribution is 2.34. The molecule has 9 nitrogen and oxygen atoms in total. The van der Waals surface area contributed by atoms with E-state index in [1.54, 1.807) is 25.0 Å². The molecule has 2 aromatic carbocycles. The first kappa shape index (κ1) is 23.0. The number of ether oxygens (including phenoxy) is 2. The molecule has 0 amide bonds. The lowest BCUT2D eigenvalue weighted by Crippen LogP contribution is -2.41. The van der Waals surface area contributed by atoms with Gasteiger partial charge in [0, 0.05) is 23.6 Å². The number of hydrogen-bond acceptors (Lipinski definition) is 7. The number of methoxy groups -OCH3 is 2. The van der Waals surface area contributed by atoms with Crippen LogP contribution in [0.4, 0.5) is 0 Å². The number of fused-ring (bicyclic) bond motifs is 1. The van der Waals surface area contributed by atoms with E-state index in [0.29, 0.717) is 40.9 Å². The molecule has 1 N–H and O–H groups in total. The minimum Gasteiger partial charge on any atom is -0.493 e. The molecule has 1 aliphatic rings. The first-order valence-corrected chi connectivity index (χ1v) is 11.9. The van der Waals surface area contributed by atoms with Crippen molar-refractivity contribution in [3.63, 3.8) is 0 Å². The molecule has 4 aromatic rings. The van der Waals surface area contributed by atoms with Crippen LogP contribution in [0.25, 0.3) is 10.9 Å². The average Bonchev–Trinajstić information content (AvgIpc) is 3.32. The normalized spacial score (nSPS) is 17.4. The smallest absolute Gasteiger partial charge is 0.253 e. The van der Waals surface area contributed by atoms with E-state index < -0.39 is 0 Å². The van der Waals surface area contributed by atoms with Crippen molar-refractivity contribution in [2.45, 2.75) is 32.4 Å². The molecule has 0 bridgehead atoms. The molecule has 3 heterocycles. The fraction of sp³-hybridized carbons (Fsp3) is 0.385. The Kier molecular flexibility index (Phi) is 6.50. The van der Waals surface area contributed by atoms with Crippen LogP contribution in [0.3, 0.4) is 0 Å². The Labute approximate surface area is 203 Å². The van der Waals surface area contributed by atoms with Gasteiger partial charge in [-0.3, -0.25) is 9.69 Å². The van der Waals surface area contributed by atoms with Crippen molar-refractivity contribution in [2.24, 2.45) is 5.92 Å². The highest BCUT2D eigenvalue weighted by Gasteiger charge is 2.33. The molecule has 0 saturated carbocycles. The van der Waals surface area contributed by atoms with Gasteiger partial charge in [-0.1, -0.05) is 37.3 Å². The molecule has 5 rings (SSSR count). The third kappa shape index (κ3) is 4.64. The fourth-order valence-corrected chi connectivity index (χ4v) is 4.99. The van der Waals surface area contributed by atoms with Gasteiger partial charge < -0.3 is 14.5 Å². The Morgan fingerprint density at radius 2 is 1.89 bits per heavy atom. The Morgan fingerprint density at radius 3 is 2.63 bits per heavy atom. The Balaban J connectivity index is 1.64. The number of aromatic nitrogens is 5. The van der Waals surface area contributed by atoms with Crippen molar-refractivity contribution < 1.29 is 9.47 Å². The van der Waals surface area contributed by atoms with E-state index in [4.69, 9.17) is 9.47 Å². The lowest BCUT2D eigenvalue weighted by molar-refractivity contribution is 0.141. The third-order valence-electron chi connectivity index (χ3n) is 6.70. The first-order chi connectivity index (χ1) is 17.1. The van der Waals surface area contributed by atoms with Gasteiger partial charge in [-0.2, -0.15) is 0 Å². The van der Waals surface area contributed by atoms with Crippen LogP contribution in [0.2, 0.25) is 0 Å². The van der Waals surface area contributed by atoms with E-state index in [9.17, 15) is 4.79 Å². The maximum atomic E-state index is 13.5. The summed E-state index contributed by atoms with van der Waals surface area (Å²) in [6, 6.07) is 15.3. The zero-order chi connectivity index (χ0) is 24.4. The van der Waals surface area contributed by atoms with Crippen LogP contribution in [-0.4, -0.2) is 57.4 Å². The second-order valence-electron chi connectivity index (χ2n) is 9.17. The number of piperidine rings is 1. The van der Waals surface area contributed by atoms with E-state index in [-0.39, 0.29) is 11.6 Å². The van der Waals surface area contributed by atoms with Gasteiger partial charge in [0.15, 0.2) is 17.3 Å². The Bertz CT molecular complexity index is 1370. The average molecular weight is 475 g/mol. The van der Waals surface area contributed by atoms with E-state index in [0.717, 1.165) is 30.5 Å². The lowest BCUT2D eigenvalue weighted by atomic mass is 9.95. The summed E-state index contributed by atoms with van der Waals surface area (Å²) in [7, 11) is 3.18. The van der Waals surface area contributed by atoms with Crippen molar-refractivity contribution in [1.82, 2.24) is 30.1 Å². The summed E-state index contributed by atoms with van der Waals surface area (Å²) in [4.78, 5) is 18.9. The van der Waals surface area contributed by atoms with Gasteiger partial charge in [-0.25, -0.2) is 4.68 Å². The second kappa shape index (κ2) is 9.87. The van der Waals surface area contributed by atoms with Gasteiger partial charge in [-0.15, -0.1) is 5.10 Å². The van der Waals surface area contributed by atoms with Crippen LogP contribution in [0.1, 0.15) is 42.8 Å². The topological polar surface area (TPSA) is 98.2 Å². The summed E-state index contributed by atoms with van der Waals surface area (Å²) in [6.07, 6.45) is 2.23. The lowest BCUT2D eigenvalue weighted by Gasteiger charge is -2.36. The predicted molar refractivity (Wildman–Crippen MR) is 133 cm³/mol. The van der Waals surface area contributed by atoms with Crippen LogP contribution in [0.15, 0.2) is 53.3 Å². The summed E-state index contributed by atoms with van der Waals surface area (Å²) >= 11 is 0. The molecular formula is C26H30N6O3. The molecule has 1 saturated heterocycles. The summed E-state index contributed by atoms with van der Waals surface area (Å²) < 4.78 is 12.7. The highest BCUT2D eigenvalue weighted by molar-refractivity contribution is 5.83. The van der Waals surface area contributed by atoms with E-state index in [1.165, 1.54) is 6.42 Å². The number of aromatic amines is 1. The Hall–Kier alpha value is -3.72. The van der Waals surface area contributed by atoms with E-state index >= 15 is 0 Å². The van der Waals surface area contributed by atoms with Gasteiger partial charge in [-0.05, 0) is 53.4 Å². The fourth-order valence-electron chi connectivity index (χ4n) is 4.99. The molecule has 2 atom stereocenters. The summed E-state index contributed by atoms with van der Waals surface area (Å²) in [5.41, 5.74) is 2.23. The largest absolute Gasteiger partial charge is 0.493 e. The van der Waals surface area contributed by atoms with Crippen molar-refractivity contribution >= 4 is 10.9 Å². The van der Waals surface area contributed by atoms with Gasteiger partial charge in [0.25, 0.3) is 5.56 Å². The van der Waals surface area contributed by atoms with Gasteiger partial charge in [0.05, 0.1) is 26.3 Å². The number of nitrogens with one attached hydrogen (secondary N) is 1. The quantitative estimate of drug-likeness (QED) is 0.438. The summed E-state index contributed by atoms with van der Waals surface area (Å²) in [5.74, 6) is 2.36. The minimum atomic E-state index is -0.377. The number of nitrogens with zero attached hydrogens (tertiary/aromatic N) is 5. The molecule has 182 valence electrons. The maximum absolute atomic E-state index is 13.5. The van der Waals surface area contributed by atoms with Crippen LogP contribution in [-0.2, 0) is 6.54 Å².